The summed E-state index contributed by atoms with van der Waals surface area (Å²) in [6, 6.07) is 18.6. The molecule has 0 atom stereocenters. The van der Waals surface area contributed by atoms with Crippen LogP contribution in [0.2, 0.25) is 0 Å². The lowest BCUT2D eigenvalue weighted by atomic mass is 10.1. The molecule has 0 radical (unpaired) electrons. The van der Waals surface area contributed by atoms with E-state index in [1.165, 1.54) is 0 Å². The van der Waals surface area contributed by atoms with Gasteiger partial charge in [-0.05, 0) is 63.5 Å². The molecule has 0 amide bonds. The topological polar surface area (TPSA) is 38.8 Å². The third kappa shape index (κ3) is 4.95. The molecule has 3 aromatic rings. The van der Waals surface area contributed by atoms with Gasteiger partial charge in [-0.3, -0.25) is 4.79 Å². The maximum Gasteiger partial charge on any atom is 0.158 e. The van der Waals surface area contributed by atoms with E-state index in [1.807, 2.05) is 53.4 Å². The molecular weight excluding hydrogens is 437 g/mol. The molecule has 0 saturated carbocycles. The van der Waals surface area contributed by atoms with Crippen molar-refractivity contribution in [2.75, 3.05) is 19.1 Å². The summed E-state index contributed by atoms with van der Waals surface area (Å²) in [4.78, 5) is 13.3. The molecule has 0 N–H and O–H groups in total. The van der Waals surface area contributed by atoms with Crippen LogP contribution in [-0.4, -0.2) is 20.5 Å². The summed E-state index contributed by atoms with van der Waals surface area (Å²) in [7, 11) is 3.23. The standard InChI is InChI=1S/C23H21BrFNO3/c1-28-18-7-3-16(4-8-18)13-26(14-17-5-9-19(29-2)10-6-17)22-12-11-21(24)20(15-27)23(22)25/h3-12,15H,13-14H2,1-2H3. The van der Waals surface area contributed by atoms with Gasteiger partial charge >= 0.3 is 0 Å². The second kappa shape index (κ2) is 9.56. The number of halogens is 2. The number of carbonyl (C=O) groups excluding carboxylic acids is 1. The molecule has 0 aliphatic rings. The zero-order valence-electron chi connectivity index (χ0n) is 16.2. The fraction of sp³-hybridized carbons (Fsp3) is 0.174. The number of nitrogens with zero attached hydrogens (tertiary/aromatic N) is 1. The minimum atomic E-state index is -0.545. The first kappa shape index (κ1) is 20.9. The molecule has 0 saturated heterocycles. The number of anilines is 1. The van der Waals surface area contributed by atoms with Gasteiger partial charge in [-0.1, -0.05) is 24.3 Å². The SMILES string of the molecule is COc1ccc(CN(Cc2ccc(OC)cc2)c2ccc(Br)c(C=O)c2F)cc1. The highest BCUT2D eigenvalue weighted by atomic mass is 79.9. The molecular formula is C23H21BrFNO3. The van der Waals surface area contributed by atoms with Crippen LogP contribution in [0.3, 0.4) is 0 Å². The summed E-state index contributed by atoms with van der Waals surface area (Å²) >= 11 is 3.24. The van der Waals surface area contributed by atoms with Gasteiger partial charge in [0.25, 0.3) is 0 Å². The van der Waals surface area contributed by atoms with Crippen LogP contribution in [0.1, 0.15) is 21.5 Å². The maximum absolute atomic E-state index is 15.1. The van der Waals surface area contributed by atoms with E-state index in [0.717, 1.165) is 22.6 Å². The average Bonchev–Trinajstić information content (AvgIpc) is 2.75. The third-order valence-electron chi connectivity index (χ3n) is 4.63. The quantitative estimate of drug-likeness (QED) is 0.411. The Bertz CT molecular complexity index is 925. The zero-order valence-corrected chi connectivity index (χ0v) is 17.8. The molecule has 3 rings (SSSR count). The Balaban J connectivity index is 1.96. The van der Waals surface area contributed by atoms with Crippen molar-refractivity contribution in [2.24, 2.45) is 0 Å². The van der Waals surface area contributed by atoms with Crippen LogP contribution < -0.4 is 14.4 Å². The van der Waals surface area contributed by atoms with Crippen molar-refractivity contribution in [3.63, 3.8) is 0 Å². The van der Waals surface area contributed by atoms with Crippen molar-refractivity contribution in [1.29, 1.82) is 0 Å². The van der Waals surface area contributed by atoms with Crippen molar-refractivity contribution in [1.82, 2.24) is 0 Å². The van der Waals surface area contributed by atoms with Gasteiger partial charge in [-0.25, -0.2) is 4.39 Å². The van der Waals surface area contributed by atoms with E-state index in [9.17, 15) is 4.79 Å². The number of aldehydes is 1. The smallest absolute Gasteiger partial charge is 0.158 e. The monoisotopic (exact) mass is 457 g/mol. The number of methoxy groups -OCH3 is 2. The van der Waals surface area contributed by atoms with E-state index in [0.29, 0.717) is 29.5 Å². The second-order valence-corrected chi connectivity index (χ2v) is 7.32. The molecule has 0 aliphatic heterocycles. The second-order valence-electron chi connectivity index (χ2n) is 6.46. The van der Waals surface area contributed by atoms with E-state index in [-0.39, 0.29) is 5.56 Å². The highest BCUT2D eigenvalue weighted by Gasteiger charge is 2.18. The van der Waals surface area contributed by atoms with Crippen LogP contribution in [0, 0.1) is 5.82 Å². The molecule has 29 heavy (non-hydrogen) atoms. The van der Waals surface area contributed by atoms with Crippen molar-refractivity contribution in [3.05, 3.63) is 87.6 Å². The number of carbonyl (C=O) groups is 1. The predicted molar refractivity (Wildman–Crippen MR) is 115 cm³/mol. The Kier molecular flexibility index (Phi) is 6.88. The lowest BCUT2D eigenvalue weighted by Gasteiger charge is -2.26. The van der Waals surface area contributed by atoms with Crippen molar-refractivity contribution < 1.29 is 18.7 Å². The number of benzene rings is 3. The van der Waals surface area contributed by atoms with Crippen molar-refractivity contribution >= 4 is 27.9 Å². The third-order valence-corrected chi connectivity index (χ3v) is 5.32. The molecule has 0 fully saturated rings. The molecule has 0 aromatic heterocycles. The zero-order chi connectivity index (χ0) is 20.8. The molecule has 0 aliphatic carbocycles. The maximum atomic E-state index is 15.1. The molecule has 0 unspecified atom stereocenters. The largest absolute Gasteiger partial charge is 0.497 e. The Morgan fingerprint density at radius 2 is 1.34 bits per heavy atom. The predicted octanol–water partition coefficient (Wildman–Crippen LogP) is 5.62. The van der Waals surface area contributed by atoms with Crippen LogP contribution >= 0.6 is 15.9 Å². The number of hydrogen-bond acceptors (Lipinski definition) is 4. The first-order valence-corrected chi connectivity index (χ1v) is 9.79. The molecule has 0 spiro atoms. The fourth-order valence-corrected chi connectivity index (χ4v) is 3.44. The van der Waals surface area contributed by atoms with Crippen LogP contribution in [0.15, 0.2) is 65.1 Å². The Morgan fingerprint density at radius 3 is 1.76 bits per heavy atom. The highest BCUT2D eigenvalue weighted by Crippen LogP contribution is 2.30. The highest BCUT2D eigenvalue weighted by molar-refractivity contribution is 9.10. The van der Waals surface area contributed by atoms with Crippen LogP contribution in [0.4, 0.5) is 10.1 Å². The minimum Gasteiger partial charge on any atom is -0.497 e. The first-order valence-electron chi connectivity index (χ1n) is 8.99. The van der Waals surface area contributed by atoms with Crippen LogP contribution in [0.25, 0.3) is 0 Å². The molecule has 0 heterocycles. The number of rotatable bonds is 8. The molecule has 3 aromatic carbocycles. The normalized spacial score (nSPS) is 10.5. The van der Waals surface area contributed by atoms with Gasteiger partial charge in [-0.15, -0.1) is 0 Å². The average molecular weight is 458 g/mol. The lowest BCUT2D eigenvalue weighted by molar-refractivity contribution is 0.111. The van der Waals surface area contributed by atoms with Gasteiger partial charge in [0.05, 0.1) is 25.5 Å². The van der Waals surface area contributed by atoms with E-state index < -0.39 is 5.82 Å². The summed E-state index contributed by atoms with van der Waals surface area (Å²) < 4.78 is 25.9. The van der Waals surface area contributed by atoms with E-state index >= 15 is 4.39 Å². The Labute approximate surface area is 178 Å². The summed E-state index contributed by atoms with van der Waals surface area (Å²) in [6.07, 6.45) is 0.530. The van der Waals surface area contributed by atoms with Gasteiger partial charge in [0.1, 0.15) is 11.5 Å². The van der Waals surface area contributed by atoms with Gasteiger partial charge in [-0.2, -0.15) is 0 Å². The van der Waals surface area contributed by atoms with E-state index in [1.54, 1.807) is 26.4 Å². The van der Waals surface area contributed by atoms with Gasteiger partial charge < -0.3 is 14.4 Å². The van der Waals surface area contributed by atoms with Gasteiger partial charge in [0, 0.05) is 17.6 Å². The van der Waals surface area contributed by atoms with Crippen molar-refractivity contribution in [3.8, 4) is 11.5 Å². The Hall–Kier alpha value is -2.86. The molecule has 0 bridgehead atoms. The summed E-state index contributed by atoms with van der Waals surface area (Å²) in [6.45, 7) is 0.930. The van der Waals surface area contributed by atoms with Gasteiger partial charge in [0.2, 0.25) is 0 Å². The fourth-order valence-electron chi connectivity index (χ4n) is 3.04. The number of ether oxygens (including phenoxy) is 2. The van der Waals surface area contributed by atoms with Crippen LogP contribution in [0.5, 0.6) is 11.5 Å². The summed E-state index contributed by atoms with van der Waals surface area (Å²) in [5.74, 6) is 0.971. The van der Waals surface area contributed by atoms with E-state index in [4.69, 9.17) is 9.47 Å². The minimum absolute atomic E-state index is 0.0111. The van der Waals surface area contributed by atoms with Crippen LogP contribution in [-0.2, 0) is 13.1 Å². The first-order chi connectivity index (χ1) is 14.0. The Morgan fingerprint density at radius 1 is 0.862 bits per heavy atom. The number of hydrogen-bond donors (Lipinski definition) is 0. The van der Waals surface area contributed by atoms with Gasteiger partial charge in [0.15, 0.2) is 12.1 Å². The molecule has 150 valence electrons. The summed E-state index contributed by atoms with van der Waals surface area (Å²) in [5.41, 5.74) is 2.36. The molecule has 4 nitrogen and oxygen atoms in total. The molecule has 6 heteroatoms. The summed E-state index contributed by atoms with van der Waals surface area (Å²) in [5, 5.41) is 0. The van der Waals surface area contributed by atoms with Crippen molar-refractivity contribution in [2.45, 2.75) is 13.1 Å². The van der Waals surface area contributed by atoms with E-state index in [2.05, 4.69) is 15.9 Å². The lowest BCUT2D eigenvalue weighted by Crippen LogP contribution is -2.23.